The molecule has 1 saturated carbocycles. The number of hydrogen-bond donors (Lipinski definition) is 1. The van der Waals surface area contributed by atoms with E-state index < -0.39 is 12.1 Å². The van der Waals surface area contributed by atoms with E-state index in [1.165, 1.54) is 0 Å². The van der Waals surface area contributed by atoms with Crippen molar-refractivity contribution in [1.82, 2.24) is 5.32 Å². The van der Waals surface area contributed by atoms with Crippen LogP contribution in [-0.2, 0) is 14.3 Å². The van der Waals surface area contributed by atoms with Crippen LogP contribution in [0.5, 0.6) is 11.5 Å². The van der Waals surface area contributed by atoms with Crippen LogP contribution in [0.3, 0.4) is 0 Å². The molecule has 0 saturated heterocycles. The van der Waals surface area contributed by atoms with Crippen molar-refractivity contribution in [1.29, 1.82) is 0 Å². The maximum Gasteiger partial charge on any atom is 0.310 e. The predicted octanol–water partition coefficient (Wildman–Crippen LogP) is 2.06. The Morgan fingerprint density at radius 1 is 1.17 bits per heavy atom. The molecule has 1 aliphatic carbocycles. The van der Waals surface area contributed by atoms with Crippen LogP contribution >= 0.6 is 0 Å². The third-order valence-corrected chi connectivity index (χ3v) is 3.31. The number of esters is 1. The molecule has 1 amide bonds. The second-order valence-corrected chi connectivity index (χ2v) is 5.42. The molecule has 1 aromatic carbocycles. The zero-order chi connectivity index (χ0) is 16.7. The Hall–Kier alpha value is -2.24. The number of amides is 1. The summed E-state index contributed by atoms with van der Waals surface area (Å²) in [6.07, 6.45) is 1.33. The van der Waals surface area contributed by atoms with Gasteiger partial charge in [-0.15, -0.1) is 0 Å². The van der Waals surface area contributed by atoms with Crippen LogP contribution < -0.4 is 14.8 Å². The molecule has 0 bridgehead atoms. The molecule has 126 valence electrons. The fourth-order valence-electron chi connectivity index (χ4n) is 1.91. The van der Waals surface area contributed by atoms with Crippen LogP contribution in [0.2, 0.25) is 0 Å². The summed E-state index contributed by atoms with van der Waals surface area (Å²) < 4.78 is 15.9. The summed E-state index contributed by atoms with van der Waals surface area (Å²) in [4.78, 5) is 23.4. The van der Waals surface area contributed by atoms with E-state index in [1.807, 2.05) is 6.92 Å². The quantitative estimate of drug-likeness (QED) is 0.705. The molecule has 1 N–H and O–H groups in total. The Morgan fingerprint density at radius 2 is 1.78 bits per heavy atom. The van der Waals surface area contributed by atoms with Crippen molar-refractivity contribution in [3.8, 4) is 11.5 Å². The first kappa shape index (κ1) is 17.1. The molecular weight excluding hydrogens is 298 g/mol. The van der Waals surface area contributed by atoms with Crippen molar-refractivity contribution >= 4 is 11.9 Å². The predicted molar refractivity (Wildman–Crippen MR) is 84.4 cm³/mol. The molecular formula is C17H23NO5. The fraction of sp³-hybridized carbons (Fsp3) is 0.529. The fourth-order valence-corrected chi connectivity index (χ4v) is 1.91. The van der Waals surface area contributed by atoms with Gasteiger partial charge in [0.05, 0.1) is 19.6 Å². The van der Waals surface area contributed by atoms with E-state index >= 15 is 0 Å². The standard InChI is InChI=1S/C17H23NO5/c1-3-21-14-6-8-15(9-7-14)22-11-10-16(19)23-12(2)17(20)18-13-4-5-13/h6-9,12-13H,3-5,10-11H2,1-2H3,(H,18,20). The highest BCUT2D eigenvalue weighted by atomic mass is 16.5. The molecule has 0 aliphatic heterocycles. The number of nitrogens with one attached hydrogen (secondary N) is 1. The van der Waals surface area contributed by atoms with Gasteiger partial charge in [0, 0.05) is 6.04 Å². The summed E-state index contributed by atoms with van der Waals surface area (Å²) in [5.74, 6) is 0.734. The number of carbonyl (C=O) groups is 2. The number of ether oxygens (including phenoxy) is 3. The zero-order valence-electron chi connectivity index (χ0n) is 13.5. The van der Waals surface area contributed by atoms with Crippen molar-refractivity contribution in [2.45, 2.75) is 45.3 Å². The minimum absolute atomic E-state index is 0.0915. The van der Waals surface area contributed by atoms with E-state index in [9.17, 15) is 9.59 Å². The molecule has 0 heterocycles. The maximum absolute atomic E-state index is 11.7. The lowest BCUT2D eigenvalue weighted by Gasteiger charge is -2.13. The number of carbonyl (C=O) groups excluding carboxylic acids is 2. The number of hydrogen-bond acceptors (Lipinski definition) is 5. The van der Waals surface area contributed by atoms with E-state index in [0.29, 0.717) is 12.4 Å². The van der Waals surface area contributed by atoms with Gasteiger partial charge in [0.2, 0.25) is 0 Å². The van der Waals surface area contributed by atoms with Gasteiger partial charge in [-0.05, 0) is 51.0 Å². The maximum atomic E-state index is 11.7. The molecule has 1 fully saturated rings. The SMILES string of the molecule is CCOc1ccc(OCCC(=O)OC(C)C(=O)NC2CC2)cc1. The first-order valence-electron chi connectivity index (χ1n) is 7.94. The van der Waals surface area contributed by atoms with Crippen LogP contribution in [-0.4, -0.2) is 37.2 Å². The van der Waals surface area contributed by atoms with Crippen molar-refractivity contribution in [3.63, 3.8) is 0 Å². The summed E-state index contributed by atoms with van der Waals surface area (Å²) in [5.41, 5.74) is 0. The van der Waals surface area contributed by atoms with Crippen LogP contribution in [0.4, 0.5) is 0 Å². The Balaban J connectivity index is 1.64. The van der Waals surface area contributed by atoms with Gasteiger partial charge in [-0.2, -0.15) is 0 Å². The van der Waals surface area contributed by atoms with Crippen LogP contribution in [0.15, 0.2) is 24.3 Å². The van der Waals surface area contributed by atoms with Gasteiger partial charge in [0.1, 0.15) is 11.5 Å². The normalized spacial score (nSPS) is 14.7. The van der Waals surface area contributed by atoms with Gasteiger partial charge < -0.3 is 19.5 Å². The van der Waals surface area contributed by atoms with Crippen LogP contribution in [0, 0.1) is 0 Å². The van der Waals surface area contributed by atoms with E-state index in [2.05, 4.69) is 5.32 Å². The molecule has 0 spiro atoms. The van der Waals surface area contributed by atoms with Crippen LogP contribution in [0.25, 0.3) is 0 Å². The minimum atomic E-state index is -0.770. The lowest BCUT2D eigenvalue weighted by Crippen LogP contribution is -2.37. The average Bonchev–Trinajstić information content (AvgIpc) is 3.33. The second kappa shape index (κ2) is 8.41. The second-order valence-electron chi connectivity index (χ2n) is 5.42. The molecule has 6 nitrogen and oxygen atoms in total. The monoisotopic (exact) mass is 321 g/mol. The molecule has 23 heavy (non-hydrogen) atoms. The Kier molecular flexibility index (Phi) is 6.26. The summed E-state index contributed by atoms with van der Waals surface area (Å²) in [6.45, 7) is 4.30. The first-order chi connectivity index (χ1) is 11.1. The van der Waals surface area contributed by atoms with Gasteiger partial charge in [0.15, 0.2) is 6.10 Å². The third-order valence-electron chi connectivity index (χ3n) is 3.31. The molecule has 1 aliphatic rings. The van der Waals surface area contributed by atoms with Crippen molar-refractivity contribution in [3.05, 3.63) is 24.3 Å². The number of rotatable bonds is 9. The largest absolute Gasteiger partial charge is 0.494 e. The lowest BCUT2D eigenvalue weighted by atomic mass is 10.3. The molecule has 2 rings (SSSR count). The molecule has 1 atom stereocenters. The van der Waals surface area contributed by atoms with Crippen molar-refractivity contribution < 1.29 is 23.8 Å². The van der Waals surface area contributed by atoms with Crippen molar-refractivity contribution in [2.75, 3.05) is 13.2 Å². The van der Waals surface area contributed by atoms with Gasteiger partial charge >= 0.3 is 5.97 Å². The Bertz CT molecular complexity index is 524. The van der Waals surface area contributed by atoms with Crippen LogP contribution in [0.1, 0.15) is 33.1 Å². The van der Waals surface area contributed by atoms with Gasteiger partial charge in [0.25, 0.3) is 5.91 Å². The van der Waals surface area contributed by atoms with E-state index in [1.54, 1.807) is 31.2 Å². The topological polar surface area (TPSA) is 73.9 Å². The summed E-state index contributed by atoms with van der Waals surface area (Å²) in [6, 6.07) is 7.43. The number of benzene rings is 1. The van der Waals surface area contributed by atoms with Gasteiger partial charge in [-0.3, -0.25) is 9.59 Å². The Labute approximate surface area is 136 Å². The molecule has 6 heteroatoms. The molecule has 0 aromatic heterocycles. The molecule has 0 radical (unpaired) electrons. The minimum Gasteiger partial charge on any atom is -0.494 e. The third kappa shape index (κ3) is 6.18. The van der Waals surface area contributed by atoms with Gasteiger partial charge in [-0.25, -0.2) is 0 Å². The summed E-state index contributed by atoms with van der Waals surface area (Å²) in [5, 5.41) is 2.80. The zero-order valence-corrected chi connectivity index (χ0v) is 13.5. The van der Waals surface area contributed by atoms with E-state index in [-0.39, 0.29) is 25.0 Å². The average molecular weight is 321 g/mol. The van der Waals surface area contributed by atoms with Gasteiger partial charge in [-0.1, -0.05) is 0 Å². The molecule has 1 aromatic rings. The molecule has 1 unspecified atom stereocenters. The van der Waals surface area contributed by atoms with Crippen molar-refractivity contribution in [2.24, 2.45) is 0 Å². The summed E-state index contributed by atoms with van der Waals surface area (Å²) >= 11 is 0. The van der Waals surface area contributed by atoms with E-state index in [4.69, 9.17) is 14.2 Å². The highest BCUT2D eigenvalue weighted by molar-refractivity contribution is 5.83. The van der Waals surface area contributed by atoms with E-state index in [0.717, 1.165) is 18.6 Å². The summed E-state index contributed by atoms with van der Waals surface area (Å²) in [7, 11) is 0. The lowest BCUT2D eigenvalue weighted by molar-refractivity contribution is -0.155. The highest BCUT2D eigenvalue weighted by Crippen LogP contribution is 2.19. The smallest absolute Gasteiger partial charge is 0.310 e. The Morgan fingerprint density at radius 3 is 2.35 bits per heavy atom. The highest BCUT2D eigenvalue weighted by Gasteiger charge is 2.27. The first-order valence-corrected chi connectivity index (χ1v) is 7.94.